The van der Waals surface area contributed by atoms with E-state index in [1.165, 1.54) is 12.1 Å². The standard InChI is InChI=1S/C28H23BrN2O7/c1-3-35-23-11-18(21(29)13-25(23)36-14-17-6-4-5-16(2)9-17)10-20-26(32)30-28(34)31(27(20)33)19-7-8-22-24(12-19)38-15-37-22/h4-13H,3,14-15H2,1-2H3,(H,30,32,34)/b20-10+. The minimum Gasteiger partial charge on any atom is -0.490 e. The summed E-state index contributed by atoms with van der Waals surface area (Å²) in [5.74, 6) is 0.267. The van der Waals surface area contributed by atoms with Gasteiger partial charge in [-0.25, -0.2) is 9.69 Å². The highest BCUT2D eigenvalue weighted by Gasteiger charge is 2.37. The van der Waals surface area contributed by atoms with E-state index in [-0.39, 0.29) is 18.1 Å². The van der Waals surface area contributed by atoms with Crippen molar-refractivity contribution in [1.82, 2.24) is 5.32 Å². The van der Waals surface area contributed by atoms with Crippen LogP contribution in [0.5, 0.6) is 23.0 Å². The van der Waals surface area contributed by atoms with Gasteiger partial charge in [0.1, 0.15) is 12.2 Å². The number of nitrogens with zero attached hydrogens (tertiary/aromatic N) is 1. The molecule has 194 valence electrons. The first-order valence-electron chi connectivity index (χ1n) is 11.8. The van der Waals surface area contributed by atoms with Gasteiger partial charge in [-0.1, -0.05) is 45.8 Å². The molecule has 0 bridgehead atoms. The van der Waals surface area contributed by atoms with Crippen LogP contribution in [0.2, 0.25) is 0 Å². The molecule has 3 aromatic carbocycles. The van der Waals surface area contributed by atoms with E-state index in [9.17, 15) is 14.4 Å². The number of rotatable bonds is 7. The Labute approximate surface area is 227 Å². The number of hydrogen-bond acceptors (Lipinski definition) is 7. The van der Waals surface area contributed by atoms with E-state index in [2.05, 4.69) is 21.2 Å². The Kier molecular flexibility index (Phi) is 7.06. The lowest BCUT2D eigenvalue weighted by Gasteiger charge is -2.26. The number of hydrogen-bond donors (Lipinski definition) is 1. The highest BCUT2D eigenvalue weighted by atomic mass is 79.9. The predicted octanol–water partition coefficient (Wildman–Crippen LogP) is 5.13. The summed E-state index contributed by atoms with van der Waals surface area (Å²) >= 11 is 3.51. The zero-order valence-electron chi connectivity index (χ0n) is 20.6. The molecular formula is C28H23BrN2O7. The summed E-state index contributed by atoms with van der Waals surface area (Å²) in [4.78, 5) is 39.5. The first-order chi connectivity index (χ1) is 18.3. The highest BCUT2D eigenvalue weighted by Crippen LogP contribution is 2.38. The number of barbiturate groups is 1. The lowest BCUT2D eigenvalue weighted by atomic mass is 10.1. The third-order valence-corrected chi connectivity index (χ3v) is 6.54. The third kappa shape index (κ3) is 5.08. The maximum absolute atomic E-state index is 13.4. The lowest BCUT2D eigenvalue weighted by Crippen LogP contribution is -2.54. The number of carbonyl (C=O) groups excluding carboxylic acids is 3. The smallest absolute Gasteiger partial charge is 0.335 e. The van der Waals surface area contributed by atoms with Crippen molar-refractivity contribution in [3.8, 4) is 23.0 Å². The number of amides is 4. The molecule has 38 heavy (non-hydrogen) atoms. The van der Waals surface area contributed by atoms with Gasteiger partial charge in [-0.2, -0.15) is 0 Å². The molecule has 3 aromatic rings. The first kappa shape index (κ1) is 25.3. The van der Waals surface area contributed by atoms with Crippen LogP contribution in [0, 0.1) is 6.92 Å². The van der Waals surface area contributed by atoms with E-state index in [1.807, 2.05) is 38.1 Å². The molecule has 0 atom stereocenters. The van der Waals surface area contributed by atoms with Gasteiger partial charge < -0.3 is 18.9 Å². The Hall–Kier alpha value is -4.31. The molecule has 9 nitrogen and oxygen atoms in total. The van der Waals surface area contributed by atoms with Gasteiger partial charge in [-0.05, 0) is 55.3 Å². The van der Waals surface area contributed by atoms with E-state index in [1.54, 1.807) is 24.3 Å². The molecule has 2 aliphatic rings. The SMILES string of the molecule is CCOc1cc(/C=C2\C(=O)NC(=O)N(c3ccc4c(c3)OCO4)C2=O)c(Br)cc1OCc1cccc(C)c1. The molecule has 10 heteroatoms. The zero-order chi connectivity index (χ0) is 26.8. The number of ether oxygens (including phenoxy) is 4. The molecule has 1 N–H and O–H groups in total. The molecule has 0 aromatic heterocycles. The predicted molar refractivity (Wildman–Crippen MR) is 142 cm³/mol. The maximum atomic E-state index is 13.4. The molecule has 0 saturated carbocycles. The van der Waals surface area contributed by atoms with Gasteiger partial charge >= 0.3 is 6.03 Å². The number of nitrogens with one attached hydrogen (secondary N) is 1. The van der Waals surface area contributed by atoms with Crippen LogP contribution in [0.15, 0.2) is 64.6 Å². The van der Waals surface area contributed by atoms with Crippen LogP contribution < -0.4 is 29.2 Å². The second-order valence-corrected chi connectivity index (χ2v) is 9.38. The Morgan fingerprint density at radius 3 is 2.58 bits per heavy atom. The number of carbonyl (C=O) groups is 3. The highest BCUT2D eigenvalue weighted by molar-refractivity contribution is 9.10. The molecule has 0 aliphatic carbocycles. The van der Waals surface area contributed by atoms with Gasteiger partial charge in [0.05, 0.1) is 12.3 Å². The number of urea groups is 1. The number of benzene rings is 3. The third-order valence-electron chi connectivity index (χ3n) is 5.86. The van der Waals surface area contributed by atoms with Crippen molar-refractivity contribution in [1.29, 1.82) is 0 Å². The summed E-state index contributed by atoms with van der Waals surface area (Å²) < 4.78 is 23.0. The van der Waals surface area contributed by atoms with Gasteiger partial charge in [0.25, 0.3) is 11.8 Å². The Bertz CT molecular complexity index is 1480. The van der Waals surface area contributed by atoms with Crippen molar-refractivity contribution in [2.45, 2.75) is 20.5 Å². The van der Waals surface area contributed by atoms with Gasteiger partial charge in [-0.3, -0.25) is 14.9 Å². The summed E-state index contributed by atoms with van der Waals surface area (Å²) in [6, 6.07) is 15.2. The number of fused-ring (bicyclic) bond motifs is 1. The molecule has 5 rings (SSSR count). The number of anilines is 1. The van der Waals surface area contributed by atoms with Crippen LogP contribution in [0.25, 0.3) is 6.08 Å². The number of imide groups is 2. The Morgan fingerprint density at radius 1 is 1.00 bits per heavy atom. The molecule has 1 fully saturated rings. The Morgan fingerprint density at radius 2 is 1.79 bits per heavy atom. The second kappa shape index (κ2) is 10.6. The average molecular weight is 579 g/mol. The fourth-order valence-corrected chi connectivity index (χ4v) is 4.51. The van der Waals surface area contributed by atoms with Crippen LogP contribution >= 0.6 is 15.9 Å². The zero-order valence-corrected chi connectivity index (χ0v) is 22.2. The van der Waals surface area contributed by atoms with E-state index < -0.39 is 17.8 Å². The second-order valence-electron chi connectivity index (χ2n) is 8.53. The monoisotopic (exact) mass is 578 g/mol. The van der Waals surface area contributed by atoms with Crippen LogP contribution in [0.3, 0.4) is 0 Å². The first-order valence-corrected chi connectivity index (χ1v) is 12.6. The maximum Gasteiger partial charge on any atom is 0.335 e. The van der Waals surface area contributed by atoms with Crippen molar-refractivity contribution >= 4 is 45.5 Å². The fraction of sp³-hybridized carbons (Fsp3) is 0.179. The Balaban J connectivity index is 1.45. The summed E-state index contributed by atoms with van der Waals surface area (Å²) in [6.07, 6.45) is 1.40. The van der Waals surface area contributed by atoms with Crippen molar-refractivity contribution in [3.05, 3.63) is 81.3 Å². The molecular weight excluding hydrogens is 556 g/mol. The normalized spacial score (nSPS) is 15.6. The van der Waals surface area contributed by atoms with Crippen LogP contribution in [-0.4, -0.2) is 31.2 Å². The molecule has 2 heterocycles. The van der Waals surface area contributed by atoms with Crippen molar-refractivity contribution in [2.75, 3.05) is 18.3 Å². The molecule has 1 saturated heterocycles. The summed E-state index contributed by atoms with van der Waals surface area (Å²) in [5.41, 5.74) is 2.65. The molecule has 4 amide bonds. The van der Waals surface area contributed by atoms with E-state index in [4.69, 9.17) is 18.9 Å². The van der Waals surface area contributed by atoms with Crippen LogP contribution in [0.4, 0.5) is 10.5 Å². The largest absolute Gasteiger partial charge is 0.490 e. The summed E-state index contributed by atoms with van der Waals surface area (Å²) in [7, 11) is 0. The quantitative estimate of drug-likeness (QED) is 0.306. The topological polar surface area (TPSA) is 103 Å². The van der Waals surface area contributed by atoms with E-state index in [0.29, 0.717) is 46.2 Å². The fourth-order valence-electron chi connectivity index (χ4n) is 4.08. The van der Waals surface area contributed by atoms with Crippen LogP contribution in [0.1, 0.15) is 23.6 Å². The van der Waals surface area contributed by atoms with Gasteiger partial charge in [0.15, 0.2) is 23.0 Å². The van der Waals surface area contributed by atoms with Crippen LogP contribution in [-0.2, 0) is 16.2 Å². The minimum absolute atomic E-state index is 0.0451. The molecule has 2 aliphatic heterocycles. The van der Waals surface area contributed by atoms with Gasteiger partial charge in [-0.15, -0.1) is 0 Å². The van der Waals surface area contributed by atoms with E-state index >= 15 is 0 Å². The van der Waals surface area contributed by atoms with Crippen molar-refractivity contribution in [3.63, 3.8) is 0 Å². The van der Waals surface area contributed by atoms with Gasteiger partial charge in [0, 0.05) is 10.5 Å². The van der Waals surface area contributed by atoms with Crippen molar-refractivity contribution < 1.29 is 33.3 Å². The summed E-state index contributed by atoms with van der Waals surface area (Å²) in [6.45, 7) is 4.62. The van der Waals surface area contributed by atoms with E-state index in [0.717, 1.165) is 16.0 Å². The molecule has 0 unspecified atom stereocenters. The summed E-state index contributed by atoms with van der Waals surface area (Å²) in [5, 5.41) is 2.23. The molecule has 0 radical (unpaired) electrons. The number of aryl methyl sites for hydroxylation is 1. The van der Waals surface area contributed by atoms with Gasteiger partial charge in [0.2, 0.25) is 6.79 Å². The average Bonchev–Trinajstić information content (AvgIpc) is 3.35. The minimum atomic E-state index is -0.856. The lowest BCUT2D eigenvalue weighted by molar-refractivity contribution is -0.122. The van der Waals surface area contributed by atoms with Crippen molar-refractivity contribution in [2.24, 2.45) is 0 Å². The molecule has 0 spiro atoms. The number of halogens is 1.